The number of rotatable bonds is 5. The van der Waals surface area contributed by atoms with Crippen LogP contribution in [0, 0.1) is 6.92 Å². The Bertz CT molecular complexity index is 501. The molecule has 1 aliphatic rings. The maximum absolute atomic E-state index is 10.7. The van der Waals surface area contributed by atoms with E-state index in [9.17, 15) is 4.79 Å². The molecule has 1 N–H and O–H groups in total. The molecule has 0 atom stereocenters. The van der Waals surface area contributed by atoms with Crippen LogP contribution in [0.2, 0.25) is 0 Å². The number of carbonyl (C=O) groups is 1. The zero-order valence-corrected chi connectivity index (χ0v) is 11.2. The summed E-state index contributed by atoms with van der Waals surface area (Å²) in [5, 5.41) is 8.76. The molecule has 0 radical (unpaired) electrons. The highest BCUT2D eigenvalue weighted by Crippen LogP contribution is 2.36. The number of carboxylic acids is 1. The first-order chi connectivity index (χ1) is 9.07. The van der Waals surface area contributed by atoms with E-state index in [-0.39, 0.29) is 5.41 Å². The van der Waals surface area contributed by atoms with Gasteiger partial charge in [-0.05, 0) is 31.0 Å². The first-order valence-corrected chi connectivity index (χ1v) is 6.31. The van der Waals surface area contributed by atoms with Crippen LogP contribution in [0.1, 0.15) is 18.1 Å². The van der Waals surface area contributed by atoms with E-state index in [2.05, 4.69) is 0 Å². The molecule has 19 heavy (non-hydrogen) atoms. The van der Waals surface area contributed by atoms with Crippen molar-refractivity contribution in [3.8, 4) is 5.75 Å². The normalized spacial score (nSPS) is 17.2. The lowest BCUT2D eigenvalue weighted by Gasteiger charge is -2.39. The summed E-state index contributed by atoms with van der Waals surface area (Å²) >= 11 is 0. The number of hydrogen-bond acceptors (Lipinski definition) is 3. The van der Waals surface area contributed by atoms with Crippen LogP contribution in [0.5, 0.6) is 5.75 Å². The zero-order valence-electron chi connectivity index (χ0n) is 11.2. The molecule has 1 heterocycles. The summed E-state index contributed by atoms with van der Waals surface area (Å²) in [5.41, 5.74) is 1.81. The summed E-state index contributed by atoms with van der Waals surface area (Å²) < 4.78 is 10.8. The average Bonchev–Trinajstić information content (AvgIpc) is 2.31. The molecule has 2 rings (SSSR count). The second-order valence-corrected chi connectivity index (χ2v) is 4.73. The van der Waals surface area contributed by atoms with Crippen LogP contribution in [0.3, 0.4) is 0 Å². The van der Waals surface area contributed by atoms with E-state index < -0.39 is 5.97 Å². The number of benzene rings is 1. The predicted molar refractivity (Wildman–Crippen MR) is 71.6 cm³/mol. The van der Waals surface area contributed by atoms with Gasteiger partial charge in [0.2, 0.25) is 0 Å². The van der Waals surface area contributed by atoms with Crippen molar-refractivity contribution in [3.05, 3.63) is 41.5 Å². The topological polar surface area (TPSA) is 55.8 Å². The van der Waals surface area contributed by atoms with Crippen LogP contribution < -0.4 is 4.74 Å². The van der Waals surface area contributed by atoms with Gasteiger partial charge in [-0.15, -0.1) is 0 Å². The first kappa shape index (κ1) is 13.6. The van der Waals surface area contributed by atoms with Crippen molar-refractivity contribution in [1.82, 2.24) is 0 Å². The minimum atomic E-state index is -0.936. The van der Waals surface area contributed by atoms with Gasteiger partial charge in [-0.2, -0.15) is 0 Å². The minimum absolute atomic E-state index is 0.312. The SMILES string of the molecule is CCOc1ccc(C2(/C=C/C(=O)O)COC2)cc1C. The number of ether oxygens (including phenoxy) is 2. The second-order valence-electron chi connectivity index (χ2n) is 4.73. The van der Waals surface area contributed by atoms with E-state index in [1.54, 1.807) is 6.08 Å². The summed E-state index contributed by atoms with van der Waals surface area (Å²) in [5.74, 6) is -0.0715. The summed E-state index contributed by atoms with van der Waals surface area (Å²) in [4.78, 5) is 10.7. The molecule has 1 saturated heterocycles. The van der Waals surface area contributed by atoms with Crippen LogP contribution in [0.25, 0.3) is 0 Å². The van der Waals surface area contributed by atoms with Gasteiger partial charge in [-0.3, -0.25) is 0 Å². The molecule has 102 valence electrons. The Morgan fingerprint density at radius 1 is 1.53 bits per heavy atom. The van der Waals surface area contributed by atoms with Gasteiger partial charge in [0, 0.05) is 6.08 Å². The van der Waals surface area contributed by atoms with Crippen molar-refractivity contribution in [2.45, 2.75) is 19.3 Å². The molecule has 1 aliphatic heterocycles. The lowest BCUT2D eigenvalue weighted by molar-refractivity contribution is -0.131. The number of aliphatic carboxylic acids is 1. The van der Waals surface area contributed by atoms with Gasteiger partial charge in [-0.25, -0.2) is 4.79 Å². The molecular weight excluding hydrogens is 244 g/mol. The average molecular weight is 262 g/mol. The smallest absolute Gasteiger partial charge is 0.328 e. The van der Waals surface area contributed by atoms with Crippen molar-refractivity contribution in [1.29, 1.82) is 0 Å². The van der Waals surface area contributed by atoms with Gasteiger partial charge >= 0.3 is 5.97 Å². The van der Waals surface area contributed by atoms with Crippen LogP contribution in [-0.2, 0) is 14.9 Å². The van der Waals surface area contributed by atoms with E-state index in [0.717, 1.165) is 16.9 Å². The second kappa shape index (κ2) is 5.45. The van der Waals surface area contributed by atoms with Gasteiger partial charge in [0.1, 0.15) is 5.75 Å². The van der Waals surface area contributed by atoms with Gasteiger partial charge < -0.3 is 14.6 Å². The van der Waals surface area contributed by atoms with Crippen LogP contribution >= 0.6 is 0 Å². The zero-order chi connectivity index (χ0) is 13.9. The fraction of sp³-hybridized carbons (Fsp3) is 0.400. The van der Waals surface area contributed by atoms with E-state index in [4.69, 9.17) is 14.6 Å². The molecule has 0 aromatic heterocycles. The Morgan fingerprint density at radius 2 is 2.26 bits per heavy atom. The largest absolute Gasteiger partial charge is 0.494 e. The molecule has 4 nitrogen and oxygen atoms in total. The fourth-order valence-corrected chi connectivity index (χ4v) is 2.19. The van der Waals surface area contributed by atoms with Crippen molar-refractivity contribution in [2.24, 2.45) is 0 Å². The van der Waals surface area contributed by atoms with E-state index >= 15 is 0 Å². The van der Waals surface area contributed by atoms with Crippen molar-refractivity contribution >= 4 is 5.97 Å². The molecule has 0 aliphatic carbocycles. The van der Waals surface area contributed by atoms with E-state index in [0.29, 0.717) is 19.8 Å². The Hall–Kier alpha value is -1.81. The molecule has 0 unspecified atom stereocenters. The summed E-state index contributed by atoms with van der Waals surface area (Å²) in [6, 6.07) is 5.95. The van der Waals surface area contributed by atoms with Crippen molar-refractivity contribution < 1.29 is 19.4 Å². The van der Waals surface area contributed by atoms with Crippen molar-refractivity contribution in [2.75, 3.05) is 19.8 Å². The molecule has 4 heteroatoms. The maximum atomic E-state index is 10.7. The highest BCUT2D eigenvalue weighted by molar-refractivity contribution is 5.80. The lowest BCUT2D eigenvalue weighted by Crippen LogP contribution is -2.45. The molecular formula is C15H18O4. The standard InChI is InChI=1S/C15H18O4/c1-3-19-13-5-4-12(8-11(13)2)15(9-18-10-15)7-6-14(16)17/h4-8H,3,9-10H2,1-2H3,(H,16,17)/b7-6+. The fourth-order valence-electron chi connectivity index (χ4n) is 2.19. The quantitative estimate of drug-likeness (QED) is 0.827. The van der Waals surface area contributed by atoms with E-state index in [1.807, 2.05) is 32.0 Å². The third kappa shape index (κ3) is 2.79. The molecule has 1 fully saturated rings. The number of hydrogen-bond donors (Lipinski definition) is 1. The third-order valence-electron chi connectivity index (χ3n) is 3.31. The van der Waals surface area contributed by atoms with Crippen molar-refractivity contribution in [3.63, 3.8) is 0 Å². The predicted octanol–water partition coefficient (Wildman–Crippen LogP) is 2.30. The maximum Gasteiger partial charge on any atom is 0.328 e. The van der Waals surface area contributed by atoms with Gasteiger partial charge in [0.05, 0.1) is 25.2 Å². The monoisotopic (exact) mass is 262 g/mol. The molecule has 1 aromatic rings. The highest BCUT2D eigenvalue weighted by atomic mass is 16.5. The Kier molecular flexibility index (Phi) is 3.90. The highest BCUT2D eigenvalue weighted by Gasteiger charge is 2.38. The third-order valence-corrected chi connectivity index (χ3v) is 3.31. The Balaban J connectivity index is 2.29. The minimum Gasteiger partial charge on any atom is -0.494 e. The molecule has 0 amide bonds. The lowest BCUT2D eigenvalue weighted by atomic mass is 9.78. The molecule has 0 saturated carbocycles. The molecule has 1 aromatic carbocycles. The Labute approximate surface area is 112 Å². The number of carboxylic acid groups (broad SMARTS) is 1. The van der Waals surface area contributed by atoms with Gasteiger partial charge in [0.15, 0.2) is 0 Å². The Morgan fingerprint density at radius 3 is 2.74 bits per heavy atom. The van der Waals surface area contributed by atoms with Gasteiger partial charge in [0.25, 0.3) is 0 Å². The van der Waals surface area contributed by atoms with E-state index in [1.165, 1.54) is 6.08 Å². The van der Waals surface area contributed by atoms with Crippen LogP contribution in [-0.4, -0.2) is 30.9 Å². The number of aryl methyl sites for hydroxylation is 1. The molecule has 0 spiro atoms. The first-order valence-electron chi connectivity index (χ1n) is 6.31. The summed E-state index contributed by atoms with van der Waals surface area (Å²) in [6.45, 7) is 5.61. The summed E-state index contributed by atoms with van der Waals surface area (Å²) in [6.07, 6.45) is 2.91. The van der Waals surface area contributed by atoms with Crippen LogP contribution in [0.4, 0.5) is 0 Å². The van der Waals surface area contributed by atoms with Crippen LogP contribution in [0.15, 0.2) is 30.4 Å². The molecule has 0 bridgehead atoms. The summed E-state index contributed by atoms with van der Waals surface area (Å²) in [7, 11) is 0. The van der Waals surface area contributed by atoms with Gasteiger partial charge in [-0.1, -0.05) is 18.2 Å².